The van der Waals surface area contributed by atoms with Gasteiger partial charge in [-0.3, -0.25) is 0 Å². The molecule has 2 heteroatoms. The van der Waals surface area contributed by atoms with Crippen LogP contribution < -0.4 is 4.74 Å². The first-order valence-electron chi connectivity index (χ1n) is 4.60. The fourth-order valence-corrected chi connectivity index (χ4v) is 1.86. The molecule has 1 aliphatic rings. The van der Waals surface area contributed by atoms with E-state index >= 15 is 0 Å². The Morgan fingerprint density at radius 1 is 1.38 bits per heavy atom. The second-order valence-electron chi connectivity index (χ2n) is 3.65. The fourth-order valence-electron chi connectivity index (χ4n) is 1.86. The highest BCUT2D eigenvalue weighted by Crippen LogP contribution is 2.35. The lowest BCUT2D eigenvalue weighted by Crippen LogP contribution is -2.14. The molecule has 0 saturated carbocycles. The van der Waals surface area contributed by atoms with E-state index in [1.54, 1.807) is 0 Å². The van der Waals surface area contributed by atoms with Gasteiger partial charge in [-0.25, -0.2) is 0 Å². The van der Waals surface area contributed by atoms with E-state index < -0.39 is 0 Å². The molecule has 0 aliphatic carbocycles. The number of ether oxygens (including phenoxy) is 1. The zero-order chi connectivity index (χ0) is 9.42. The van der Waals surface area contributed by atoms with E-state index in [1.165, 1.54) is 5.56 Å². The van der Waals surface area contributed by atoms with E-state index in [9.17, 15) is 5.11 Å². The maximum atomic E-state index is 9.73. The second-order valence-corrected chi connectivity index (χ2v) is 3.65. The van der Waals surface area contributed by atoms with Crippen molar-refractivity contribution in [1.82, 2.24) is 0 Å². The highest BCUT2D eigenvalue weighted by molar-refractivity contribution is 5.45. The molecule has 2 nitrogen and oxygen atoms in total. The average Bonchev–Trinajstić information content (AvgIpc) is 2.07. The lowest BCUT2D eigenvalue weighted by atomic mass is 9.98. The van der Waals surface area contributed by atoms with Gasteiger partial charge in [0.1, 0.15) is 5.75 Å². The third-order valence-corrected chi connectivity index (χ3v) is 2.44. The first-order chi connectivity index (χ1) is 6.18. The zero-order valence-electron chi connectivity index (χ0n) is 8.00. The summed E-state index contributed by atoms with van der Waals surface area (Å²) in [5.74, 6) is 0.879. The molecule has 1 aliphatic heterocycles. The molecule has 1 aromatic carbocycles. The van der Waals surface area contributed by atoms with E-state index in [4.69, 9.17) is 4.74 Å². The Morgan fingerprint density at radius 2 is 2.15 bits per heavy atom. The summed E-state index contributed by atoms with van der Waals surface area (Å²) in [6.07, 6.45) is 0.359. The number of fused-ring (bicyclic) bond motifs is 1. The van der Waals surface area contributed by atoms with Crippen LogP contribution in [0.4, 0.5) is 0 Å². The van der Waals surface area contributed by atoms with Crippen molar-refractivity contribution >= 4 is 0 Å². The molecule has 2 rings (SSSR count). The minimum atomic E-state index is -0.345. The molecule has 1 heterocycles. The van der Waals surface area contributed by atoms with Gasteiger partial charge in [0.2, 0.25) is 0 Å². The lowest BCUT2D eigenvalue weighted by Gasteiger charge is -2.24. The number of aryl methyl sites for hydroxylation is 2. The molecule has 1 atom stereocenters. The van der Waals surface area contributed by atoms with Crippen molar-refractivity contribution < 1.29 is 9.84 Å². The van der Waals surface area contributed by atoms with Crippen LogP contribution in [0.1, 0.15) is 29.2 Å². The van der Waals surface area contributed by atoms with Crippen LogP contribution in [-0.2, 0) is 0 Å². The van der Waals surface area contributed by atoms with Gasteiger partial charge >= 0.3 is 0 Å². The number of hydrogen-bond acceptors (Lipinski definition) is 2. The highest BCUT2D eigenvalue weighted by Gasteiger charge is 2.20. The van der Waals surface area contributed by atoms with Gasteiger partial charge in [0, 0.05) is 12.0 Å². The van der Waals surface area contributed by atoms with Crippen LogP contribution in [0.5, 0.6) is 5.75 Å². The average molecular weight is 178 g/mol. The fraction of sp³-hybridized carbons (Fsp3) is 0.455. The number of benzene rings is 1. The Balaban J connectivity index is 2.56. The number of aliphatic hydroxyl groups excluding tert-OH is 1. The lowest BCUT2D eigenvalue weighted by molar-refractivity contribution is 0.115. The van der Waals surface area contributed by atoms with Crippen molar-refractivity contribution in [1.29, 1.82) is 0 Å². The summed E-state index contributed by atoms with van der Waals surface area (Å²) in [4.78, 5) is 0. The summed E-state index contributed by atoms with van der Waals surface area (Å²) in [6.45, 7) is 4.68. The van der Waals surface area contributed by atoms with Crippen LogP contribution in [0.15, 0.2) is 12.1 Å². The largest absolute Gasteiger partial charge is 0.493 e. The predicted molar refractivity (Wildman–Crippen MR) is 51.0 cm³/mol. The van der Waals surface area contributed by atoms with Gasteiger partial charge in [-0.2, -0.15) is 0 Å². The molecule has 0 radical (unpaired) electrons. The third-order valence-electron chi connectivity index (χ3n) is 2.44. The highest BCUT2D eigenvalue weighted by atomic mass is 16.5. The van der Waals surface area contributed by atoms with Crippen LogP contribution in [0, 0.1) is 13.8 Å². The Hall–Kier alpha value is -1.02. The monoisotopic (exact) mass is 178 g/mol. The number of aliphatic hydroxyl groups is 1. The van der Waals surface area contributed by atoms with Gasteiger partial charge < -0.3 is 9.84 Å². The van der Waals surface area contributed by atoms with Gasteiger partial charge in [0.05, 0.1) is 12.7 Å². The normalized spacial score (nSPS) is 20.7. The molecule has 1 N–H and O–H groups in total. The van der Waals surface area contributed by atoms with Crippen molar-refractivity contribution in [3.63, 3.8) is 0 Å². The zero-order valence-corrected chi connectivity index (χ0v) is 8.00. The smallest absolute Gasteiger partial charge is 0.128 e. The second kappa shape index (κ2) is 3.04. The maximum Gasteiger partial charge on any atom is 0.128 e. The van der Waals surface area contributed by atoms with Gasteiger partial charge in [-0.1, -0.05) is 11.6 Å². The molecule has 0 bridgehead atoms. The minimum Gasteiger partial charge on any atom is -0.493 e. The van der Waals surface area contributed by atoms with E-state index in [-0.39, 0.29) is 6.10 Å². The molecule has 70 valence electrons. The quantitative estimate of drug-likeness (QED) is 0.659. The molecule has 1 aromatic rings. The molecule has 0 amide bonds. The molecule has 0 spiro atoms. The van der Waals surface area contributed by atoms with Gasteiger partial charge in [0.25, 0.3) is 0 Å². The van der Waals surface area contributed by atoms with Crippen LogP contribution in [-0.4, -0.2) is 11.7 Å². The Bertz CT molecular complexity index is 331. The van der Waals surface area contributed by atoms with E-state index in [0.717, 1.165) is 16.9 Å². The minimum absolute atomic E-state index is 0.345. The topological polar surface area (TPSA) is 29.5 Å². The van der Waals surface area contributed by atoms with E-state index in [2.05, 4.69) is 6.07 Å². The van der Waals surface area contributed by atoms with Crippen molar-refractivity contribution in [2.45, 2.75) is 26.4 Å². The SMILES string of the molecule is Cc1cc(C)c2c(c1)[C@H](O)CCO2. The standard InChI is InChI=1S/C11H14O2/c1-7-5-8(2)11-9(6-7)10(12)3-4-13-11/h5-6,10,12H,3-4H2,1-2H3/t10-/m1/s1. The van der Waals surface area contributed by atoms with Crippen molar-refractivity contribution in [3.8, 4) is 5.75 Å². The first kappa shape index (κ1) is 8.57. The molecule has 0 saturated heterocycles. The van der Waals surface area contributed by atoms with Crippen molar-refractivity contribution in [2.24, 2.45) is 0 Å². The molecule has 0 unspecified atom stereocenters. The molecule has 0 aromatic heterocycles. The summed E-state index contributed by atoms with van der Waals surface area (Å²) < 4.78 is 5.52. The summed E-state index contributed by atoms with van der Waals surface area (Å²) >= 11 is 0. The summed E-state index contributed by atoms with van der Waals surface area (Å²) in [7, 11) is 0. The van der Waals surface area contributed by atoms with Crippen molar-refractivity contribution in [3.05, 3.63) is 28.8 Å². The van der Waals surface area contributed by atoms with Crippen LogP contribution in [0.2, 0.25) is 0 Å². The van der Waals surface area contributed by atoms with E-state index in [1.807, 2.05) is 19.9 Å². The first-order valence-corrected chi connectivity index (χ1v) is 4.60. The van der Waals surface area contributed by atoms with Crippen LogP contribution in [0.25, 0.3) is 0 Å². The predicted octanol–water partition coefficient (Wildman–Crippen LogP) is 2.12. The van der Waals surface area contributed by atoms with Gasteiger partial charge in [-0.15, -0.1) is 0 Å². The maximum absolute atomic E-state index is 9.73. The third kappa shape index (κ3) is 1.42. The number of rotatable bonds is 0. The molecular weight excluding hydrogens is 164 g/mol. The Kier molecular flexibility index (Phi) is 2.00. The van der Waals surface area contributed by atoms with Gasteiger partial charge in [-0.05, 0) is 25.5 Å². The summed E-state index contributed by atoms with van der Waals surface area (Å²) in [5.41, 5.74) is 3.25. The Morgan fingerprint density at radius 3 is 2.92 bits per heavy atom. The number of hydrogen-bond donors (Lipinski definition) is 1. The van der Waals surface area contributed by atoms with Crippen LogP contribution in [0.3, 0.4) is 0 Å². The van der Waals surface area contributed by atoms with E-state index in [0.29, 0.717) is 13.0 Å². The van der Waals surface area contributed by atoms with Crippen molar-refractivity contribution in [2.75, 3.05) is 6.61 Å². The Labute approximate surface area is 78.2 Å². The van der Waals surface area contributed by atoms with Gasteiger partial charge in [0.15, 0.2) is 0 Å². The molecule has 13 heavy (non-hydrogen) atoms. The molecule has 0 fully saturated rings. The summed E-state index contributed by atoms with van der Waals surface area (Å²) in [6, 6.07) is 4.09. The summed E-state index contributed by atoms with van der Waals surface area (Å²) in [5, 5.41) is 9.73. The molecular formula is C11H14O2. The van der Waals surface area contributed by atoms with Crippen LogP contribution >= 0.6 is 0 Å².